The zero-order valence-electron chi connectivity index (χ0n) is 7.92. The number of rotatable bonds is 4. The first-order valence-corrected chi connectivity index (χ1v) is 5.73. The lowest BCUT2D eigenvalue weighted by molar-refractivity contribution is 0.145. The highest BCUT2D eigenvalue weighted by Crippen LogP contribution is 2.43. The third kappa shape index (κ3) is 1.82. The van der Waals surface area contributed by atoms with Crippen LogP contribution in [0.4, 0.5) is 5.13 Å². The molecule has 1 aliphatic rings. The van der Waals surface area contributed by atoms with Crippen LogP contribution in [0.1, 0.15) is 32.6 Å². The molecule has 0 aromatic carbocycles. The SMILES string of the molecule is CCC1(CNc2nncs2)CCC1. The van der Waals surface area contributed by atoms with Crippen molar-refractivity contribution in [1.82, 2.24) is 10.2 Å². The van der Waals surface area contributed by atoms with Crippen LogP contribution >= 0.6 is 11.3 Å². The highest BCUT2D eigenvalue weighted by Gasteiger charge is 2.34. The van der Waals surface area contributed by atoms with Gasteiger partial charge in [0.25, 0.3) is 0 Å². The van der Waals surface area contributed by atoms with Crippen molar-refractivity contribution in [3.05, 3.63) is 5.51 Å². The average Bonchev–Trinajstić information content (AvgIpc) is 2.56. The summed E-state index contributed by atoms with van der Waals surface area (Å²) in [6.45, 7) is 3.35. The number of aromatic nitrogens is 2. The predicted octanol–water partition coefficient (Wildman–Crippen LogP) is 2.53. The molecule has 72 valence electrons. The molecule has 3 nitrogen and oxygen atoms in total. The molecule has 0 atom stereocenters. The summed E-state index contributed by atoms with van der Waals surface area (Å²) in [6, 6.07) is 0. The zero-order valence-corrected chi connectivity index (χ0v) is 8.73. The second-order valence-corrected chi connectivity index (χ2v) is 4.64. The van der Waals surface area contributed by atoms with Crippen LogP contribution in [0.3, 0.4) is 0 Å². The minimum absolute atomic E-state index is 0.561. The summed E-state index contributed by atoms with van der Waals surface area (Å²) in [5.74, 6) is 0. The molecule has 0 radical (unpaired) electrons. The number of nitrogens with one attached hydrogen (secondary N) is 1. The van der Waals surface area contributed by atoms with E-state index in [0.717, 1.165) is 11.7 Å². The van der Waals surface area contributed by atoms with Crippen LogP contribution in [0, 0.1) is 5.41 Å². The van der Waals surface area contributed by atoms with Gasteiger partial charge in [0, 0.05) is 6.54 Å². The Morgan fingerprint density at radius 1 is 1.62 bits per heavy atom. The molecule has 1 fully saturated rings. The highest BCUT2D eigenvalue weighted by atomic mass is 32.1. The molecule has 2 rings (SSSR count). The van der Waals surface area contributed by atoms with E-state index >= 15 is 0 Å². The topological polar surface area (TPSA) is 37.8 Å². The summed E-state index contributed by atoms with van der Waals surface area (Å²) >= 11 is 1.58. The lowest BCUT2D eigenvalue weighted by Crippen LogP contribution is -2.35. The minimum Gasteiger partial charge on any atom is -0.360 e. The number of anilines is 1. The molecular weight excluding hydrogens is 182 g/mol. The summed E-state index contributed by atoms with van der Waals surface area (Å²) in [5, 5.41) is 12.1. The molecule has 1 saturated carbocycles. The number of hydrogen-bond acceptors (Lipinski definition) is 4. The monoisotopic (exact) mass is 197 g/mol. The maximum Gasteiger partial charge on any atom is 0.205 e. The summed E-state index contributed by atoms with van der Waals surface area (Å²) in [4.78, 5) is 0. The molecule has 4 heteroatoms. The van der Waals surface area contributed by atoms with Gasteiger partial charge >= 0.3 is 0 Å². The highest BCUT2D eigenvalue weighted by molar-refractivity contribution is 7.13. The van der Waals surface area contributed by atoms with E-state index in [1.54, 1.807) is 16.8 Å². The van der Waals surface area contributed by atoms with Crippen molar-refractivity contribution >= 4 is 16.5 Å². The molecule has 1 aromatic heterocycles. The molecule has 13 heavy (non-hydrogen) atoms. The third-order valence-corrected chi connectivity index (χ3v) is 3.79. The third-order valence-electron chi connectivity index (χ3n) is 3.14. The lowest BCUT2D eigenvalue weighted by Gasteiger charge is -2.41. The van der Waals surface area contributed by atoms with Crippen molar-refractivity contribution in [2.75, 3.05) is 11.9 Å². The van der Waals surface area contributed by atoms with Crippen LogP contribution in [0.5, 0.6) is 0 Å². The van der Waals surface area contributed by atoms with Crippen LogP contribution < -0.4 is 5.32 Å². The van der Waals surface area contributed by atoms with Gasteiger partial charge in [-0.05, 0) is 24.7 Å². The Kier molecular flexibility index (Phi) is 2.49. The number of hydrogen-bond donors (Lipinski definition) is 1. The van der Waals surface area contributed by atoms with Crippen LogP contribution in [0.2, 0.25) is 0 Å². The average molecular weight is 197 g/mol. The molecule has 0 aliphatic heterocycles. The molecule has 0 unspecified atom stereocenters. The van der Waals surface area contributed by atoms with E-state index in [1.807, 2.05) is 0 Å². The maximum atomic E-state index is 3.97. The van der Waals surface area contributed by atoms with E-state index in [4.69, 9.17) is 0 Å². The van der Waals surface area contributed by atoms with Gasteiger partial charge in [-0.3, -0.25) is 0 Å². The van der Waals surface area contributed by atoms with Gasteiger partial charge in [0.15, 0.2) is 0 Å². The smallest absolute Gasteiger partial charge is 0.205 e. The Labute approximate surface area is 82.6 Å². The van der Waals surface area contributed by atoms with Crippen LogP contribution in [0.25, 0.3) is 0 Å². The van der Waals surface area contributed by atoms with E-state index in [2.05, 4.69) is 22.4 Å². The van der Waals surface area contributed by atoms with Gasteiger partial charge in [-0.2, -0.15) is 0 Å². The van der Waals surface area contributed by atoms with E-state index in [1.165, 1.54) is 25.7 Å². The largest absolute Gasteiger partial charge is 0.360 e. The summed E-state index contributed by atoms with van der Waals surface area (Å²) < 4.78 is 0. The van der Waals surface area contributed by atoms with Gasteiger partial charge in [-0.1, -0.05) is 24.7 Å². The van der Waals surface area contributed by atoms with Gasteiger partial charge in [0.05, 0.1) is 0 Å². The normalized spacial score (nSPS) is 19.5. The predicted molar refractivity (Wildman–Crippen MR) is 55.0 cm³/mol. The Bertz CT molecular complexity index is 248. The van der Waals surface area contributed by atoms with Crippen molar-refractivity contribution in [2.24, 2.45) is 5.41 Å². The van der Waals surface area contributed by atoms with Gasteiger partial charge in [-0.15, -0.1) is 10.2 Å². The van der Waals surface area contributed by atoms with Crippen molar-refractivity contribution in [3.63, 3.8) is 0 Å². The van der Waals surface area contributed by atoms with Crippen molar-refractivity contribution in [3.8, 4) is 0 Å². The molecule has 0 spiro atoms. The van der Waals surface area contributed by atoms with Crippen molar-refractivity contribution in [2.45, 2.75) is 32.6 Å². The molecule has 0 amide bonds. The van der Waals surface area contributed by atoms with E-state index < -0.39 is 0 Å². The first kappa shape index (κ1) is 8.94. The lowest BCUT2D eigenvalue weighted by atomic mass is 9.67. The van der Waals surface area contributed by atoms with Crippen molar-refractivity contribution in [1.29, 1.82) is 0 Å². The second kappa shape index (κ2) is 3.62. The summed E-state index contributed by atoms with van der Waals surface area (Å²) in [6.07, 6.45) is 5.41. The maximum absolute atomic E-state index is 3.97. The Morgan fingerprint density at radius 3 is 2.92 bits per heavy atom. The fourth-order valence-electron chi connectivity index (χ4n) is 1.85. The number of nitrogens with zero attached hydrogens (tertiary/aromatic N) is 2. The van der Waals surface area contributed by atoms with E-state index in [-0.39, 0.29) is 0 Å². The second-order valence-electron chi connectivity index (χ2n) is 3.80. The minimum atomic E-state index is 0.561. The Hall–Kier alpha value is -0.640. The standard InChI is InChI=1S/C9H15N3S/c1-2-9(4-3-5-9)6-10-8-12-11-7-13-8/h7H,2-6H2,1H3,(H,10,12). The molecule has 0 saturated heterocycles. The molecular formula is C9H15N3S. The molecule has 1 aromatic rings. The fraction of sp³-hybridized carbons (Fsp3) is 0.778. The van der Waals surface area contributed by atoms with Crippen LogP contribution in [0.15, 0.2) is 5.51 Å². The van der Waals surface area contributed by atoms with Gasteiger partial charge in [0.2, 0.25) is 5.13 Å². The van der Waals surface area contributed by atoms with Gasteiger partial charge < -0.3 is 5.32 Å². The van der Waals surface area contributed by atoms with Gasteiger partial charge in [0.1, 0.15) is 5.51 Å². The zero-order chi connectivity index (χ0) is 9.15. The summed E-state index contributed by atoms with van der Waals surface area (Å²) in [7, 11) is 0. The molecule has 0 bridgehead atoms. The van der Waals surface area contributed by atoms with Crippen LogP contribution in [-0.4, -0.2) is 16.7 Å². The quantitative estimate of drug-likeness (QED) is 0.806. The summed E-state index contributed by atoms with van der Waals surface area (Å²) in [5.41, 5.74) is 2.33. The molecule has 1 heterocycles. The Balaban J connectivity index is 1.84. The fourth-order valence-corrected chi connectivity index (χ4v) is 2.29. The van der Waals surface area contributed by atoms with E-state index in [0.29, 0.717) is 5.41 Å². The molecule has 1 N–H and O–H groups in total. The van der Waals surface area contributed by atoms with Gasteiger partial charge in [-0.25, -0.2) is 0 Å². The van der Waals surface area contributed by atoms with E-state index in [9.17, 15) is 0 Å². The first-order valence-electron chi connectivity index (χ1n) is 4.85. The Morgan fingerprint density at radius 2 is 2.46 bits per heavy atom. The van der Waals surface area contributed by atoms with Crippen molar-refractivity contribution < 1.29 is 0 Å². The van der Waals surface area contributed by atoms with Crippen LogP contribution in [-0.2, 0) is 0 Å². The first-order chi connectivity index (χ1) is 6.35. The molecule has 1 aliphatic carbocycles.